The molecule has 0 atom stereocenters. The van der Waals surface area contributed by atoms with Crippen LogP contribution in [0, 0.1) is 11.8 Å². The molecule has 2 rings (SSSR count). The summed E-state index contributed by atoms with van der Waals surface area (Å²) in [5, 5.41) is 9.28. The molecule has 29 heavy (non-hydrogen) atoms. The fourth-order valence-electron chi connectivity index (χ4n) is 3.91. The highest BCUT2D eigenvalue weighted by Crippen LogP contribution is 2.37. The molecular formula is C21H30N2O5S. The largest absolute Gasteiger partial charge is 0.481 e. The number of carbonyl (C=O) groups excluding carboxylic acids is 1. The first kappa shape index (κ1) is 23.2. The van der Waals surface area contributed by atoms with Gasteiger partial charge < -0.3 is 9.64 Å². The molecule has 0 saturated carbocycles. The van der Waals surface area contributed by atoms with Gasteiger partial charge in [0.1, 0.15) is 12.4 Å². The van der Waals surface area contributed by atoms with Crippen molar-refractivity contribution in [3.8, 4) is 17.6 Å². The van der Waals surface area contributed by atoms with E-state index in [1.165, 1.54) is 12.1 Å². The topological polar surface area (TPSA) is 95.9 Å². The second kappa shape index (κ2) is 10.1. The molecule has 0 radical (unpaired) electrons. The Hall–Kier alpha value is -2.08. The van der Waals surface area contributed by atoms with Gasteiger partial charge in [0.05, 0.1) is 4.90 Å². The van der Waals surface area contributed by atoms with Crippen LogP contribution in [0.25, 0.3) is 0 Å². The van der Waals surface area contributed by atoms with Gasteiger partial charge in [-0.2, -0.15) is 0 Å². The third kappa shape index (κ3) is 4.74. The molecule has 1 saturated heterocycles. The van der Waals surface area contributed by atoms with Crippen molar-refractivity contribution in [2.45, 2.75) is 62.1 Å². The van der Waals surface area contributed by atoms with Gasteiger partial charge in [0.25, 0.3) is 5.91 Å². The Morgan fingerprint density at radius 3 is 2.31 bits per heavy atom. The number of amides is 1. The van der Waals surface area contributed by atoms with Crippen molar-refractivity contribution in [3.05, 3.63) is 24.3 Å². The summed E-state index contributed by atoms with van der Waals surface area (Å²) in [6, 6.07) is 6.32. The maximum atomic E-state index is 13.4. The van der Waals surface area contributed by atoms with E-state index < -0.39 is 20.5 Å². The SMILES string of the molecule is CC#CCOc1ccc(S(=O)(=O)C2(C(=O)NO)CCN(C(CC)CC)CC2)cc1. The predicted octanol–water partition coefficient (Wildman–Crippen LogP) is 2.39. The maximum Gasteiger partial charge on any atom is 0.265 e. The van der Waals surface area contributed by atoms with Gasteiger partial charge in [0, 0.05) is 19.1 Å². The Labute approximate surface area is 173 Å². The number of ether oxygens (including phenoxy) is 1. The molecule has 0 aromatic heterocycles. The number of piperidine rings is 1. The lowest BCUT2D eigenvalue weighted by molar-refractivity contribution is -0.133. The van der Waals surface area contributed by atoms with Gasteiger partial charge in [-0.3, -0.25) is 10.0 Å². The van der Waals surface area contributed by atoms with Crippen LogP contribution in [0.3, 0.4) is 0 Å². The average molecular weight is 423 g/mol. The summed E-state index contributed by atoms with van der Waals surface area (Å²) < 4.78 is 30.6. The summed E-state index contributed by atoms with van der Waals surface area (Å²) in [6.45, 7) is 7.09. The van der Waals surface area contributed by atoms with Crippen LogP contribution >= 0.6 is 0 Å². The van der Waals surface area contributed by atoms with Gasteiger partial charge in [-0.1, -0.05) is 19.8 Å². The molecule has 1 aliphatic rings. The van der Waals surface area contributed by atoms with E-state index in [4.69, 9.17) is 4.74 Å². The lowest BCUT2D eigenvalue weighted by atomic mass is 9.93. The zero-order chi connectivity index (χ0) is 21.5. The molecule has 0 bridgehead atoms. The highest BCUT2D eigenvalue weighted by Gasteiger charge is 2.53. The molecule has 0 aliphatic carbocycles. The summed E-state index contributed by atoms with van der Waals surface area (Å²) in [5.74, 6) is 5.11. The maximum absolute atomic E-state index is 13.4. The van der Waals surface area contributed by atoms with Crippen LogP contribution in [0.1, 0.15) is 46.5 Å². The molecule has 8 heteroatoms. The fourth-order valence-corrected chi connectivity index (χ4v) is 5.86. The number of nitrogens with zero attached hydrogens (tertiary/aromatic N) is 1. The lowest BCUT2D eigenvalue weighted by Crippen LogP contribution is -2.58. The summed E-state index contributed by atoms with van der Waals surface area (Å²) in [4.78, 5) is 14.8. The predicted molar refractivity (Wildman–Crippen MR) is 110 cm³/mol. The quantitative estimate of drug-likeness (QED) is 0.379. The summed E-state index contributed by atoms with van der Waals surface area (Å²) in [5.41, 5.74) is 1.59. The molecule has 1 aromatic rings. The summed E-state index contributed by atoms with van der Waals surface area (Å²) in [6.07, 6.45) is 2.18. The highest BCUT2D eigenvalue weighted by molar-refractivity contribution is 7.93. The molecule has 1 fully saturated rings. The minimum Gasteiger partial charge on any atom is -0.481 e. The second-order valence-corrected chi connectivity index (χ2v) is 9.39. The van der Waals surface area contributed by atoms with Crippen molar-refractivity contribution < 1.29 is 23.2 Å². The minimum absolute atomic E-state index is 0.0333. The van der Waals surface area contributed by atoms with E-state index >= 15 is 0 Å². The molecule has 7 nitrogen and oxygen atoms in total. The third-order valence-corrected chi connectivity index (χ3v) is 8.23. The first-order chi connectivity index (χ1) is 13.9. The van der Waals surface area contributed by atoms with E-state index in [0.717, 1.165) is 12.8 Å². The van der Waals surface area contributed by atoms with Gasteiger partial charge in [0.2, 0.25) is 0 Å². The second-order valence-electron chi connectivity index (χ2n) is 7.13. The van der Waals surface area contributed by atoms with Gasteiger partial charge in [-0.25, -0.2) is 13.9 Å². The Morgan fingerprint density at radius 2 is 1.83 bits per heavy atom. The molecule has 1 aromatic carbocycles. The van der Waals surface area contributed by atoms with E-state index in [9.17, 15) is 18.4 Å². The average Bonchev–Trinajstić information content (AvgIpc) is 2.75. The van der Waals surface area contributed by atoms with Crippen molar-refractivity contribution >= 4 is 15.7 Å². The van der Waals surface area contributed by atoms with E-state index in [1.54, 1.807) is 24.5 Å². The van der Waals surface area contributed by atoms with Gasteiger partial charge in [-0.15, -0.1) is 5.92 Å². The van der Waals surface area contributed by atoms with E-state index in [1.807, 2.05) is 0 Å². The lowest BCUT2D eigenvalue weighted by Gasteiger charge is -2.42. The van der Waals surface area contributed by atoms with Crippen molar-refractivity contribution in [1.82, 2.24) is 10.4 Å². The van der Waals surface area contributed by atoms with Crippen LogP contribution in [0.4, 0.5) is 0 Å². The first-order valence-electron chi connectivity index (χ1n) is 9.92. The van der Waals surface area contributed by atoms with Crippen LogP contribution in [0.5, 0.6) is 5.75 Å². The molecule has 1 aliphatic heterocycles. The Bertz CT molecular complexity index is 843. The van der Waals surface area contributed by atoms with Gasteiger partial charge >= 0.3 is 0 Å². The Morgan fingerprint density at radius 1 is 1.24 bits per heavy atom. The molecule has 0 unspecified atom stereocenters. The zero-order valence-electron chi connectivity index (χ0n) is 17.3. The summed E-state index contributed by atoms with van der Waals surface area (Å²) in [7, 11) is -4.02. The van der Waals surface area contributed by atoms with Crippen molar-refractivity contribution in [3.63, 3.8) is 0 Å². The van der Waals surface area contributed by atoms with Crippen LogP contribution in [0.2, 0.25) is 0 Å². The standard InChI is InChI=1S/C21H30N2O5S/c1-4-7-16-28-18-8-10-19(11-9-18)29(26,27)21(20(24)22-25)12-14-23(15-13-21)17(5-2)6-3/h8-11,17,25H,5-6,12-16H2,1-3H3,(H,22,24). The van der Waals surface area contributed by atoms with E-state index in [2.05, 4.69) is 30.6 Å². The van der Waals surface area contributed by atoms with Crippen LogP contribution in [-0.4, -0.2) is 54.9 Å². The zero-order valence-corrected chi connectivity index (χ0v) is 18.1. The molecule has 1 amide bonds. The highest BCUT2D eigenvalue weighted by atomic mass is 32.2. The Balaban J connectivity index is 2.29. The number of nitrogens with one attached hydrogen (secondary N) is 1. The molecule has 0 spiro atoms. The molecular weight excluding hydrogens is 392 g/mol. The fraction of sp³-hybridized carbons (Fsp3) is 0.571. The number of carbonyl (C=O) groups is 1. The molecule has 1 heterocycles. The summed E-state index contributed by atoms with van der Waals surface area (Å²) >= 11 is 0. The number of sulfone groups is 1. The van der Waals surface area contributed by atoms with Crippen LogP contribution < -0.4 is 10.2 Å². The third-order valence-electron chi connectivity index (χ3n) is 5.72. The normalized spacial score (nSPS) is 16.7. The van der Waals surface area contributed by atoms with Gasteiger partial charge in [0.15, 0.2) is 14.6 Å². The monoisotopic (exact) mass is 422 g/mol. The van der Waals surface area contributed by atoms with Gasteiger partial charge in [-0.05, 0) is 56.9 Å². The van der Waals surface area contributed by atoms with Crippen molar-refractivity contribution in [1.29, 1.82) is 0 Å². The van der Waals surface area contributed by atoms with Crippen LogP contribution in [0.15, 0.2) is 29.2 Å². The van der Waals surface area contributed by atoms with E-state index in [-0.39, 0.29) is 24.3 Å². The number of hydroxylamine groups is 1. The van der Waals surface area contributed by atoms with Crippen molar-refractivity contribution in [2.24, 2.45) is 0 Å². The molecule has 2 N–H and O–H groups in total. The first-order valence-corrected chi connectivity index (χ1v) is 11.4. The Kier molecular flexibility index (Phi) is 8.08. The minimum atomic E-state index is -4.02. The van der Waals surface area contributed by atoms with Crippen LogP contribution in [-0.2, 0) is 14.6 Å². The number of hydrogen-bond donors (Lipinski definition) is 2. The number of benzene rings is 1. The number of likely N-dealkylation sites (tertiary alicyclic amines) is 1. The van der Waals surface area contributed by atoms with Crippen molar-refractivity contribution in [2.75, 3.05) is 19.7 Å². The smallest absolute Gasteiger partial charge is 0.265 e. The number of rotatable bonds is 8. The molecule has 160 valence electrons. The number of hydrogen-bond acceptors (Lipinski definition) is 6. The van der Waals surface area contributed by atoms with E-state index in [0.29, 0.717) is 24.9 Å².